The number of pyridine rings is 1. The van der Waals surface area contributed by atoms with Crippen molar-refractivity contribution in [3.63, 3.8) is 0 Å². The first-order chi connectivity index (χ1) is 11.8. The zero-order chi connectivity index (χ0) is 16.4. The van der Waals surface area contributed by atoms with Gasteiger partial charge in [-0.3, -0.25) is 10.3 Å². The van der Waals surface area contributed by atoms with Gasteiger partial charge in [0.15, 0.2) is 0 Å². The molecule has 0 radical (unpaired) electrons. The van der Waals surface area contributed by atoms with E-state index >= 15 is 0 Å². The van der Waals surface area contributed by atoms with Gasteiger partial charge in [-0.2, -0.15) is 0 Å². The molecule has 4 rings (SSSR count). The quantitative estimate of drug-likeness (QED) is 0.781. The minimum atomic E-state index is 0.199. The van der Waals surface area contributed by atoms with Crippen molar-refractivity contribution in [1.29, 1.82) is 0 Å². The Hall–Kier alpha value is -3.00. The van der Waals surface area contributed by atoms with Gasteiger partial charge in [0.1, 0.15) is 11.3 Å². The van der Waals surface area contributed by atoms with Crippen LogP contribution < -0.4 is 5.32 Å². The first-order valence-corrected chi connectivity index (χ1v) is 8.04. The van der Waals surface area contributed by atoms with E-state index in [9.17, 15) is 0 Å². The predicted octanol–water partition coefficient (Wildman–Crippen LogP) is 3.19. The molecule has 1 N–H and O–H groups in total. The summed E-state index contributed by atoms with van der Waals surface area (Å²) in [5.74, 6) is 0.934. The lowest BCUT2D eigenvalue weighted by Crippen LogP contribution is -2.04. The second-order valence-electron chi connectivity index (χ2n) is 4.98. The number of nitrogens with one attached hydrogen (secondary N) is 1. The summed E-state index contributed by atoms with van der Waals surface area (Å²) in [4.78, 5) is 18.5. The molecule has 0 bridgehead atoms. The lowest BCUT2D eigenvalue weighted by molar-refractivity contribution is 0.0822. The molecule has 24 heavy (non-hydrogen) atoms. The molecule has 3 aromatic heterocycles. The molecule has 4 heterocycles. The number of hydrogen-bond donors (Lipinski definition) is 1. The standard InChI is InChI=1S/C16H13N5O2S/c1-10-14(24-15(19-10)11-3-2-5-17-7-11)12-4-6-18-16(20-12)21-13-8-22-9-23-13/h2-8H,9H2,1H3,(H,18,20,21). The van der Waals surface area contributed by atoms with Gasteiger partial charge in [0.2, 0.25) is 18.6 Å². The normalized spacial score (nSPS) is 13.1. The second kappa shape index (κ2) is 6.25. The number of aromatic nitrogens is 4. The fourth-order valence-electron chi connectivity index (χ4n) is 2.21. The van der Waals surface area contributed by atoms with Crippen LogP contribution in [-0.4, -0.2) is 26.7 Å². The predicted molar refractivity (Wildman–Crippen MR) is 89.9 cm³/mol. The Morgan fingerprint density at radius 1 is 1.21 bits per heavy atom. The van der Waals surface area contributed by atoms with Gasteiger partial charge in [0, 0.05) is 24.2 Å². The van der Waals surface area contributed by atoms with E-state index in [2.05, 4.69) is 25.3 Å². The van der Waals surface area contributed by atoms with Gasteiger partial charge in [-0.25, -0.2) is 15.0 Å². The Labute approximate surface area is 142 Å². The summed E-state index contributed by atoms with van der Waals surface area (Å²) < 4.78 is 10.2. The molecule has 0 atom stereocenters. The smallest absolute Gasteiger partial charge is 0.232 e. The molecule has 0 amide bonds. The Kier molecular flexibility index (Phi) is 3.80. The molecule has 120 valence electrons. The summed E-state index contributed by atoms with van der Waals surface area (Å²) in [7, 11) is 0. The lowest BCUT2D eigenvalue weighted by Gasteiger charge is -2.05. The Morgan fingerprint density at radius 3 is 2.96 bits per heavy atom. The summed E-state index contributed by atoms with van der Waals surface area (Å²) in [6, 6.07) is 5.75. The highest BCUT2D eigenvalue weighted by atomic mass is 32.1. The van der Waals surface area contributed by atoms with Crippen LogP contribution in [0.15, 0.2) is 48.9 Å². The van der Waals surface area contributed by atoms with Crippen molar-refractivity contribution in [3.05, 3.63) is 54.6 Å². The molecular formula is C16H13N5O2S. The number of ether oxygens (including phenoxy) is 2. The molecule has 7 nitrogen and oxygen atoms in total. The zero-order valence-electron chi connectivity index (χ0n) is 12.8. The maximum atomic E-state index is 5.22. The second-order valence-corrected chi connectivity index (χ2v) is 5.98. The summed E-state index contributed by atoms with van der Waals surface area (Å²) in [6.45, 7) is 2.17. The van der Waals surface area contributed by atoms with Crippen LogP contribution in [0.25, 0.3) is 21.1 Å². The summed E-state index contributed by atoms with van der Waals surface area (Å²) in [6.07, 6.45) is 6.74. The van der Waals surface area contributed by atoms with Crippen LogP contribution in [0.3, 0.4) is 0 Å². The maximum Gasteiger partial charge on any atom is 0.232 e. The molecule has 8 heteroatoms. The first-order valence-electron chi connectivity index (χ1n) is 7.22. The number of anilines is 1. The van der Waals surface area contributed by atoms with Crippen molar-refractivity contribution in [2.75, 3.05) is 12.1 Å². The molecule has 0 aliphatic carbocycles. The van der Waals surface area contributed by atoms with Gasteiger partial charge in [0.25, 0.3) is 0 Å². The van der Waals surface area contributed by atoms with Crippen LogP contribution in [0, 0.1) is 6.92 Å². The summed E-state index contributed by atoms with van der Waals surface area (Å²) >= 11 is 1.58. The molecule has 0 aromatic carbocycles. The van der Waals surface area contributed by atoms with E-state index in [0.29, 0.717) is 11.8 Å². The molecule has 3 aromatic rings. The number of aryl methyl sites for hydroxylation is 1. The van der Waals surface area contributed by atoms with Crippen molar-refractivity contribution in [2.45, 2.75) is 6.92 Å². The van der Waals surface area contributed by atoms with Crippen molar-refractivity contribution < 1.29 is 9.47 Å². The van der Waals surface area contributed by atoms with E-state index in [0.717, 1.165) is 26.8 Å². The number of thiazole rings is 1. The highest BCUT2D eigenvalue weighted by molar-refractivity contribution is 7.18. The van der Waals surface area contributed by atoms with Crippen LogP contribution >= 0.6 is 11.3 Å². The van der Waals surface area contributed by atoms with Crippen molar-refractivity contribution in [3.8, 4) is 21.1 Å². The third-order valence-corrected chi connectivity index (χ3v) is 4.53. The molecule has 1 aliphatic rings. The van der Waals surface area contributed by atoms with Crippen LogP contribution in [0.5, 0.6) is 0 Å². The Morgan fingerprint density at radius 2 is 2.17 bits per heavy atom. The molecule has 0 unspecified atom stereocenters. The molecular weight excluding hydrogens is 326 g/mol. The van der Waals surface area contributed by atoms with E-state index in [-0.39, 0.29) is 6.79 Å². The van der Waals surface area contributed by atoms with Crippen molar-refractivity contribution in [1.82, 2.24) is 19.9 Å². The van der Waals surface area contributed by atoms with Crippen LogP contribution in [-0.2, 0) is 9.47 Å². The SMILES string of the molecule is Cc1nc(-c2cccnc2)sc1-c1ccnc(NC2=COCO2)n1. The summed E-state index contributed by atoms with van der Waals surface area (Å²) in [5.41, 5.74) is 2.71. The Bertz CT molecular complexity index is 894. The van der Waals surface area contributed by atoms with E-state index in [1.165, 1.54) is 6.26 Å². The molecule has 1 aliphatic heterocycles. The van der Waals surface area contributed by atoms with Gasteiger partial charge < -0.3 is 9.47 Å². The molecule has 0 saturated heterocycles. The van der Waals surface area contributed by atoms with Crippen LogP contribution in [0.1, 0.15) is 5.69 Å². The Balaban J connectivity index is 1.65. The molecule has 0 saturated carbocycles. The number of rotatable bonds is 4. The van der Waals surface area contributed by atoms with Crippen LogP contribution in [0.4, 0.5) is 5.95 Å². The maximum absolute atomic E-state index is 5.22. The molecule has 0 fully saturated rings. The van der Waals surface area contributed by atoms with E-state index in [1.54, 1.807) is 29.9 Å². The van der Waals surface area contributed by atoms with Crippen molar-refractivity contribution in [2.24, 2.45) is 0 Å². The van der Waals surface area contributed by atoms with Gasteiger partial charge in [-0.05, 0) is 25.1 Å². The fraction of sp³-hybridized carbons (Fsp3) is 0.125. The minimum absolute atomic E-state index is 0.199. The van der Waals surface area contributed by atoms with Gasteiger partial charge in [-0.15, -0.1) is 11.3 Å². The van der Waals surface area contributed by atoms with E-state index in [4.69, 9.17) is 9.47 Å². The number of nitrogens with zero attached hydrogens (tertiary/aromatic N) is 4. The minimum Gasteiger partial charge on any atom is -0.459 e. The van der Waals surface area contributed by atoms with Gasteiger partial charge >= 0.3 is 0 Å². The van der Waals surface area contributed by atoms with Gasteiger partial charge in [-0.1, -0.05) is 0 Å². The topological polar surface area (TPSA) is 82.1 Å². The average molecular weight is 339 g/mol. The van der Waals surface area contributed by atoms with E-state index < -0.39 is 0 Å². The van der Waals surface area contributed by atoms with E-state index in [1.807, 2.05) is 25.1 Å². The molecule has 0 spiro atoms. The zero-order valence-corrected chi connectivity index (χ0v) is 13.6. The highest BCUT2D eigenvalue weighted by Gasteiger charge is 2.14. The van der Waals surface area contributed by atoms with Gasteiger partial charge in [0.05, 0.1) is 16.3 Å². The monoisotopic (exact) mass is 339 g/mol. The highest BCUT2D eigenvalue weighted by Crippen LogP contribution is 2.34. The third kappa shape index (κ3) is 2.91. The van der Waals surface area contributed by atoms with Crippen molar-refractivity contribution >= 4 is 17.3 Å². The first kappa shape index (κ1) is 14.6. The summed E-state index contributed by atoms with van der Waals surface area (Å²) in [5, 5.41) is 3.89. The van der Waals surface area contributed by atoms with Crippen LogP contribution in [0.2, 0.25) is 0 Å². The fourth-order valence-corrected chi connectivity index (χ4v) is 3.24. The number of hydrogen-bond acceptors (Lipinski definition) is 8. The lowest BCUT2D eigenvalue weighted by atomic mass is 10.3. The largest absolute Gasteiger partial charge is 0.459 e. The average Bonchev–Trinajstić information content (AvgIpc) is 3.25. The third-order valence-electron chi connectivity index (χ3n) is 3.30.